The van der Waals surface area contributed by atoms with Crippen molar-refractivity contribution in [3.63, 3.8) is 0 Å². The van der Waals surface area contributed by atoms with Crippen LogP contribution in [0.5, 0.6) is 0 Å². The summed E-state index contributed by atoms with van der Waals surface area (Å²) >= 11 is 0. The fourth-order valence-electron chi connectivity index (χ4n) is 2.50. The first-order chi connectivity index (χ1) is 8.09. The predicted molar refractivity (Wildman–Crippen MR) is 73.1 cm³/mol. The maximum atomic E-state index is 10.0. The van der Waals surface area contributed by atoms with Crippen molar-refractivity contribution in [2.24, 2.45) is 0 Å². The minimum atomic E-state index is -0.362. The number of rotatable bonds is 1. The second-order valence-corrected chi connectivity index (χ2v) is 5.36. The Balaban J connectivity index is 2.41. The van der Waals surface area contributed by atoms with E-state index in [0.717, 1.165) is 24.8 Å². The molecular weight excluding hydrogens is 208 g/mol. The van der Waals surface area contributed by atoms with E-state index in [1.807, 2.05) is 0 Å². The highest BCUT2D eigenvalue weighted by Crippen LogP contribution is 2.30. The van der Waals surface area contributed by atoms with Gasteiger partial charge in [0, 0.05) is 0 Å². The third kappa shape index (κ3) is 2.61. The summed E-state index contributed by atoms with van der Waals surface area (Å²) in [7, 11) is 0. The first kappa shape index (κ1) is 12.4. The first-order valence-corrected chi connectivity index (χ1v) is 6.59. The van der Waals surface area contributed by atoms with Gasteiger partial charge >= 0.3 is 0 Å². The standard InChI is InChI=1S/C16H22O/c1-11(2)13-8-9-15-12(3)16(17)7-5-4-6-14(15)10-13/h8-11,16-17H,3-7H2,1-2H3. The summed E-state index contributed by atoms with van der Waals surface area (Å²) in [6.07, 6.45) is 3.86. The van der Waals surface area contributed by atoms with E-state index in [0.29, 0.717) is 5.92 Å². The molecule has 0 aromatic heterocycles. The summed E-state index contributed by atoms with van der Waals surface area (Å²) in [6.45, 7) is 8.50. The zero-order valence-corrected chi connectivity index (χ0v) is 10.9. The zero-order chi connectivity index (χ0) is 12.4. The van der Waals surface area contributed by atoms with Crippen molar-refractivity contribution in [1.82, 2.24) is 0 Å². The van der Waals surface area contributed by atoms with Gasteiger partial charge in [-0.1, -0.05) is 45.0 Å². The Morgan fingerprint density at radius 3 is 2.76 bits per heavy atom. The van der Waals surface area contributed by atoms with Gasteiger partial charge in [0.05, 0.1) is 6.10 Å². The molecule has 17 heavy (non-hydrogen) atoms. The van der Waals surface area contributed by atoms with Crippen LogP contribution in [0.3, 0.4) is 0 Å². The minimum Gasteiger partial charge on any atom is -0.388 e. The topological polar surface area (TPSA) is 20.2 Å². The average Bonchev–Trinajstić information content (AvgIpc) is 2.31. The normalized spacial score (nSPS) is 20.9. The van der Waals surface area contributed by atoms with E-state index in [2.05, 4.69) is 38.6 Å². The van der Waals surface area contributed by atoms with Gasteiger partial charge in [0.25, 0.3) is 0 Å². The summed E-state index contributed by atoms with van der Waals surface area (Å²) in [6, 6.07) is 6.60. The van der Waals surface area contributed by atoms with Crippen molar-refractivity contribution in [3.05, 3.63) is 41.5 Å². The van der Waals surface area contributed by atoms with Crippen LogP contribution in [-0.2, 0) is 6.42 Å². The van der Waals surface area contributed by atoms with E-state index < -0.39 is 0 Å². The van der Waals surface area contributed by atoms with Crippen molar-refractivity contribution >= 4 is 5.57 Å². The molecule has 1 aliphatic carbocycles. The lowest BCUT2D eigenvalue weighted by Gasteiger charge is -2.22. The summed E-state index contributed by atoms with van der Waals surface area (Å²) in [5.41, 5.74) is 4.81. The summed E-state index contributed by atoms with van der Waals surface area (Å²) < 4.78 is 0. The van der Waals surface area contributed by atoms with E-state index in [9.17, 15) is 5.11 Å². The maximum Gasteiger partial charge on any atom is 0.0790 e. The average molecular weight is 230 g/mol. The molecule has 0 radical (unpaired) electrons. The molecule has 0 saturated heterocycles. The molecule has 1 nitrogen and oxygen atoms in total. The molecule has 0 aliphatic heterocycles. The third-order valence-corrected chi connectivity index (χ3v) is 3.72. The second-order valence-electron chi connectivity index (χ2n) is 5.36. The largest absolute Gasteiger partial charge is 0.388 e. The van der Waals surface area contributed by atoms with E-state index in [1.54, 1.807) is 0 Å². The van der Waals surface area contributed by atoms with E-state index >= 15 is 0 Å². The van der Waals surface area contributed by atoms with E-state index in [4.69, 9.17) is 0 Å². The van der Waals surface area contributed by atoms with Gasteiger partial charge in [-0.15, -0.1) is 0 Å². The summed E-state index contributed by atoms with van der Waals surface area (Å²) in [5.74, 6) is 0.559. The lowest BCUT2D eigenvalue weighted by atomic mass is 9.86. The monoisotopic (exact) mass is 230 g/mol. The van der Waals surface area contributed by atoms with Crippen molar-refractivity contribution < 1.29 is 5.11 Å². The molecule has 92 valence electrons. The van der Waals surface area contributed by atoms with Gasteiger partial charge in [-0.2, -0.15) is 0 Å². The van der Waals surface area contributed by atoms with Crippen LogP contribution in [0.2, 0.25) is 0 Å². The number of aryl methyl sites for hydroxylation is 1. The predicted octanol–water partition coefficient (Wildman–Crippen LogP) is 3.91. The molecule has 1 aliphatic rings. The third-order valence-electron chi connectivity index (χ3n) is 3.72. The van der Waals surface area contributed by atoms with Gasteiger partial charge in [0.15, 0.2) is 0 Å². The van der Waals surface area contributed by atoms with Crippen LogP contribution in [0.25, 0.3) is 5.57 Å². The first-order valence-electron chi connectivity index (χ1n) is 6.59. The van der Waals surface area contributed by atoms with Crippen LogP contribution >= 0.6 is 0 Å². The number of hydrogen-bond acceptors (Lipinski definition) is 1. The second kappa shape index (κ2) is 5.05. The molecule has 1 unspecified atom stereocenters. The molecule has 0 fully saturated rings. The lowest BCUT2D eigenvalue weighted by Crippen LogP contribution is -2.13. The molecule has 0 bridgehead atoms. The molecule has 1 heteroatoms. The van der Waals surface area contributed by atoms with Crippen LogP contribution in [0.4, 0.5) is 0 Å². The highest BCUT2D eigenvalue weighted by atomic mass is 16.3. The molecule has 0 heterocycles. The Labute approximate surface area is 104 Å². The van der Waals surface area contributed by atoms with Crippen molar-refractivity contribution in [3.8, 4) is 0 Å². The molecular formula is C16H22O. The molecule has 0 amide bonds. The highest BCUT2D eigenvalue weighted by molar-refractivity contribution is 5.70. The van der Waals surface area contributed by atoms with Gasteiger partial charge in [-0.3, -0.25) is 0 Å². The molecule has 1 atom stereocenters. The van der Waals surface area contributed by atoms with Crippen molar-refractivity contribution in [2.75, 3.05) is 0 Å². The molecule has 2 rings (SSSR count). The van der Waals surface area contributed by atoms with Crippen LogP contribution in [0.1, 0.15) is 55.7 Å². The van der Waals surface area contributed by atoms with Crippen LogP contribution in [0, 0.1) is 0 Å². The molecule has 0 saturated carbocycles. The number of benzene rings is 1. The Kier molecular flexibility index (Phi) is 3.68. The SMILES string of the molecule is C=C1c2ccc(C(C)C)cc2CCCCC1O. The van der Waals surface area contributed by atoms with Crippen LogP contribution in [-0.4, -0.2) is 11.2 Å². The minimum absolute atomic E-state index is 0.362. The molecule has 1 aromatic rings. The van der Waals surface area contributed by atoms with Gasteiger partial charge in [0.2, 0.25) is 0 Å². The lowest BCUT2D eigenvalue weighted by molar-refractivity contribution is 0.216. The van der Waals surface area contributed by atoms with Gasteiger partial charge in [-0.05, 0) is 47.4 Å². The maximum absolute atomic E-state index is 10.0. The summed E-state index contributed by atoms with van der Waals surface area (Å²) in [4.78, 5) is 0. The quantitative estimate of drug-likeness (QED) is 0.775. The Hall–Kier alpha value is -1.08. The Morgan fingerprint density at radius 1 is 1.29 bits per heavy atom. The smallest absolute Gasteiger partial charge is 0.0790 e. The fraction of sp³-hybridized carbons (Fsp3) is 0.500. The number of aliphatic hydroxyl groups excluding tert-OH is 1. The van der Waals surface area contributed by atoms with Gasteiger partial charge in [0.1, 0.15) is 0 Å². The van der Waals surface area contributed by atoms with E-state index in [1.165, 1.54) is 23.1 Å². The summed E-state index contributed by atoms with van der Waals surface area (Å²) in [5, 5.41) is 10.0. The number of fused-ring (bicyclic) bond motifs is 1. The van der Waals surface area contributed by atoms with Crippen molar-refractivity contribution in [1.29, 1.82) is 0 Å². The van der Waals surface area contributed by atoms with Crippen molar-refractivity contribution in [2.45, 2.75) is 51.6 Å². The zero-order valence-electron chi connectivity index (χ0n) is 10.9. The van der Waals surface area contributed by atoms with Gasteiger partial charge < -0.3 is 5.11 Å². The Bertz CT molecular complexity index is 418. The van der Waals surface area contributed by atoms with Crippen LogP contribution < -0.4 is 0 Å². The van der Waals surface area contributed by atoms with Crippen LogP contribution in [0.15, 0.2) is 24.8 Å². The number of hydrogen-bond donors (Lipinski definition) is 1. The number of aliphatic hydroxyl groups is 1. The Morgan fingerprint density at radius 2 is 2.06 bits per heavy atom. The van der Waals surface area contributed by atoms with E-state index in [-0.39, 0.29) is 6.10 Å². The fourth-order valence-corrected chi connectivity index (χ4v) is 2.50. The molecule has 0 spiro atoms. The molecule has 1 aromatic carbocycles. The highest BCUT2D eigenvalue weighted by Gasteiger charge is 2.17. The molecule has 1 N–H and O–H groups in total. The van der Waals surface area contributed by atoms with Gasteiger partial charge in [-0.25, -0.2) is 0 Å².